The van der Waals surface area contributed by atoms with Crippen LogP contribution in [0.5, 0.6) is 0 Å². The van der Waals surface area contributed by atoms with E-state index in [4.69, 9.17) is 20.0 Å². The van der Waals surface area contributed by atoms with Gasteiger partial charge in [0.15, 0.2) is 0 Å². The van der Waals surface area contributed by atoms with Crippen molar-refractivity contribution in [2.45, 2.75) is 51.7 Å². The number of rotatable bonds is 4. The van der Waals surface area contributed by atoms with Crippen LogP contribution in [0.4, 0.5) is 4.79 Å². The molecule has 88 valence electrons. The summed E-state index contributed by atoms with van der Waals surface area (Å²) in [5.41, 5.74) is -1.76. The zero-order chi connectivity index (χ0) is 12.8. The first-order valence-electron chi connectivity index (χ1n) is 4.88. The molecule has 0 radical (unpaired) electrons. The molecule has 5 nitrogen and oxygen atoms in total. The maximum atomic E-state index is 11.4. The van der Waals surface area contributed by atoms with Crippen LogP contribution in [0.15, 0.2) is 0 Å². The van der Waals surface area contributed by atoms with Gasteiger partial charge in [0.1, 0.15) is 11.2 Å². The van der Waals surface area contributed by atoms with E-state index >= 15 is 0 Å². The minimum absolute atomic E-state index is 0.0841. The highest BCUT2D eigenvalue weighted by atomic mass is 16.7. The van der Waals surface area contributed by atoms with Gasteiger partial charge in [-0.1, -0.05) is 0 Å². The minimum atomic E-state index is -0.880. The molecule has 0 fully saturated rings. The Labute approximate surface area is 95.6 Å². The Balaban J connectivity index is 4.31. The zero-order valence-electron chi connectivity index (χ0n) is 10.0. The second-order valence-electron chi connectivity index (χ2n) is 4.64. The van der Waals surface area contributed by atoms with Crippen LogP contribution in [0.1, 0.15) is 40.5 Å². The highest BCUT2D eigenvalue weighted by Crippen LogP contribution is 2.19. The Morgan fingerprint density at radius 1 is 1.00 bits per heavy atom. The molecule has 0 unspecified atom stereocenters. The minimum Gasteiger partial charge on any atom is -0.427 e. The molecule has 0 atom stereocenters. The lowest BCUT2D eigenvalue weighted by Gasteiger charge is -2.26. The van der Waals surface area contributed by atoms with Crippen molar-refractivity contribution < 1.29 is 14.3 Å². The smallest absolute Gasteiger partial charge is 0.427 e. The number of carbonyl (C=O) groups is 1. The van der Waals surface area contributed by atoms with Gasteiger partial charge >= 0.3 is 6.16 Å². The van der Waals surface area contributed by atoms with Crippen molar-refractivity contribution in [2.24, 2.45) is 0 Å². The first-order chi connectivity index (χ1) is 7.22. The van der Waals surface area contributed by atoms with Crippen LogP contribution < -0.4 is 0 Å². The van der Waals surface area contributed by atoms with Crippen molar-refractivity contribution in [3.05, 3.63) is 0 Å². The number of hydrogen-bond donors (Lipinski definition) is 0. The maximum Gasteiger partial charge on any atom is 0.509 e. The second kappa shape index (κ2) is 5.37. The first kappa shape index (κ1) is 14.2. The molecule has 0 spiro atoms. The first-order valence-corrected chi connectivity index (χ1v) is 4.88. The lowest BCUT2D eigenvalue weighted by atomic mass is 10.1. The van der Waals surface area contributed by atoms with E-state index in [1.807, 2.05) is 12.1 Å². The summed E-state index contributed by atoms with van der Waals surface area (Å²) in [4.78, 5) is 11.4. The normalized spacial score (nSPS) is 11.1. The number of nitrogens with zero attached hydrogens (tertiary/aromatic N) is 2. The topological polar surface area (TPSA) is 83.1 Å². The third-order valence-corrected chi connectivity index (χ3v) is 1.73. The number of nitriles is 2. The van der Waals surface area contributed by atoms with Crippen LogP contribution in [0.3, 0.4) is 0 Å². The fraction of sp³-hybridized carbons (Fsp3) is 0.727. The molecule has 0 aromatic heterocycles. The molecular weight excluding hydrogens is 208 g/mol. The summed E-state index contributed by atoms with van der Waals surface area (Å²) in [5, 5.41) is 17.0. The molecule has 0 aromatic carbocycles. The molecule has 0 aliphatic heterocycles. The van der Waals surface area contributed by atoms with Crippen molar-refractivity contribution in [3.63, 3.8) is 0 Å². The highest BCUT2D eigenvalue weighted by molar-refractivity contribution is 5.61. The van der Waals surface area contributed by atoms with Crippen LogP contribution in [-0.2, 0) is 9.47 Å². The molecule has 0 saturated carbocycles. The van der Waals surface area contributed by atoms with Crippen molar-refractivity contribution in [3.8, 4) is 12.1 Å². The van der Waals surface area contributed by atoms with Gasteiger partial charge in [0.05, 0.1) is 25.0 Å². The third kappa shape index (κ3) is 5.87. The predicted molar refractivity (Wildman–Crippen MR) is 56.2 cm³/mol. The molecule has 0 amide bonds. The molecule has 0 heterocycles. The van der Waals surface area contributed by atoms with Crippen LogP contribution in [0.2, 0.25) is 0 Å². The number of carbonyl (C=O) groups excluding carboxylic acids is 1. The van der Waals surface area contributed by atoms with Gasteiger partial charge in [-0.3, -0.25) is 0 Å². The molecule has 0 aliphatic carbocycles. The van der Waals surface area contributed by atoms with E-state index in [1.165, 1.54) is 0 Å². The van der Waals surface area contributed by atoms with E-state index in [0.29, 0.717) is 0 Å². The summed E-state index contributed by atoms with van der Waals surface area (Å²) in [6.07, 6.45) is -0.692. The Hall–Kier alpha value is -1.75. The van der Waals surface area contributed by atoms with Gasteiger partial charge in [-0.25, -0.2) is 4.79 Å². The molecular formula is C11H16N2O3. The predicted octanol–water partition coefficient (Wildman–Crippen LogP) is 2.52. The quantitative estimate of drug-likeness (QED) is 0.685. The van der Waals surface area contributed by atoms with E-state index in [0.717, 1.165) is 0 Å². The Morgan fingerprint density at radius 3 is 1.56 bits per heavy atom. The fourth-order valence-corrected chi connectivity index (χ4v) is 0.925. The van der Waals surface area contributed by atoms with Crippen LogP contribution in [0, 0.1) is 22.7 Å². The van der Waals surface area contributed by atoms with Crippen LogP contribution >= 0.6 is 0 Å². The van der Waals surface area contributed by atoms with Gasteiger partial charge < -0.3 is 9.47 Å². The molecule has 0 aromatic rings. The van der Waals surface area contributed by atoms with Crippen LogP contribution in [0.25, 0.3) is 0 Å². The maximum absolute atomic E-state index is 11.4. The molecule has 5 heteroatoms. The fourth-order valence-electron chi connectivity index (χ4n) is 0.925. The van der Waals surface area contributed by atoms with E-state index in [1.54, 1.807) is 27.7 Å². The average Bonchev–Trinajstić information content (AvgIpc) is 1.99. The lowest BCUT2D eigenvalue weighted by molar-refractivity contribution is -0.0556. The summed E-state index contributed by atoms with van der Waals surface area (Å²) < 4.78 is 9.93. The molecule has 0 bridgehead atoms. The van der Waals surface area contributed by atoms with Gasteiger partial charge in [0.2, 0.25) is 0 Å². The molecule has 0 aliphatic rings. The summed E-state index contributed by atoms with van der Waals surface area (Å²) in [6.45, 7) is 6.48. The highest BCUT2D eigenvalue weighted by Gasteiger charge is 2.28. The Kier molecular flexibility index (Phi) is 4.78. The van der Waals surface area contributed by atoms with Crippen LogP contribution in [-0.4, -0.2) is 17.4 Å². The van der Waals surface area contributed by atoms with Gasteiger partial charge in [0.25, 0.3) is 0 Å². The van der Waals surface area contributed by atoms with Gasteiger partial charge in [0, 0.05) is 0 Å². The summed E-state index contributed by atoms with van der Waals surface area (Å²) in [6, 6.07) is 3.83. The standard InChI is InChI=1S/C11H16N2O3/c1-10(2,5-7-12)15-9(14)16-11(3,4)6-8-13/h5-6H2,1-4H3. The van der Waals surface area contributed by atoms with E-state index in [-0.39, 0.29) is 12.8 Å². The van der Waals surface area contributed by atoms with Crippen molar-refractivity contribution >= 4 is 6.16 Å². The van der Waals surface area contributed by atoms with E-state index in [2.05, 4.69) is 0 Å². The molecule has 0 rings (SSSR count). The molecule has 0 N–H and O–H groups in total. The number of hydrogen-bond acceptors (Lipinski definition) is 5. The SMILES string of the molecule is CC(C)(CC#N)OC(=O)OC(C)(C)CC#N. The molecule has 16 heavy (non-hydrogen) atoms. The van der Waals surface area contributed by atoms with Gasteiger partial charge in [-0.05, 0) is 27.7 Å². The lowest BCUT2D eigenvalue weighted by Crippen LogP contribution is -2.33. The monoisotopic (exact) mass is 224 g/mol. The van der Waals surface area contributed by atoms with Gasteiger partial charge in [-0.15, -0.1) is 0 Å². The van der Waals surface area contributed by atoms with Crippen molar-refractivity contribution in [1.29, 1.82) is 10.5 Å². The summed E-state index contributed by atoms with van der Waals surface area (Å²) >= 11 is 0. The van der Waals surface area contributed by atoms with Crippen molar-refractivity contribution in [2.75, 3.05) is 0 Å². The van der Waals surface area contributed by atoms with E-state index in [9.17, 15) is 4.79 Å². The largest absolute Gasteiger partial charge is 0.509 e. The zero-order valence-corrected chi connectivity index (χ0v) is 10.0. The average molecular weight is 224 g/mol. The third-order valence-electron chi connectivity index (χ3n) is 1.73. The van der Waals surface area contributed by atoms with Crippen molar-refractivity contribution in [1.82, 2.24) is 0 Å². The summed E-state index contributed by atoms with van der Waals surface area (Å²) in [5.74, 6) is 0. The Bertz CT molecular complexity index is 302. The second-order valence-corrected chi connectivity index (χ2v) is 4.64. The summed E-state index contributed by atoms with van der Waals surface area (Å²) in [7, 11) is 0. The van der Waals surface area contributed by atoms with Gasteiger partial charge in [-0.2, -0.15) is 10.5 Å². The Morgan fingerprint density at radius 2 is 1.31 bits per heavy atom. The molecule has 0 saturated heterocycles. The number of ether oxygens (including phenoxy) is 2. The van der Waals surface area contributed by atoms with E-state index < -0.39 is 17.4 Å².